The number of hydrogen-bond donors (Lipinski definition) is 3. The van der Waals surface area contributed by atoms with Gasteiger partial charge in [-0.15, -0.1) is 0 Å². The molecule has 2 aliphatic heterocycles. The van der Waals surface area contributed by atoms with E-state index in [1.54, 1.807) is 12.1 Å². The van der Waals surface area contributed by atoms with Crippen LogP contribution >= 0.6 is 0 Å². The molecule has 2 heterocycles. The number of benzene rings is 3. The first-order valence-corrected chi connectivity index (χ1v) is 8.52. The highest BCUT2D eigenvalue weighted by molar-refractivity contribution is 5.97. The Kier molecular flexibility index (Phi) is 3.30. The molecule has 0 amide bonds. The summed E-state index contributed by atoms with van der Waals surface area (Å²) in [5.74, 6) is -0.255. The van der Waals surface area contributed by atoms with Crippen molar-refractivity contribution in [3.63, 3.8) is 0 Å². The number of aromatic hydroxyl groups is 2. The van der Waals surface area contributed by atoms with E-state index in [1.807, 2.05) is 0 Å². The first-order valence-electron chi connectivity index (χ1n) is 8.52. The number of phenolic OH excluding ortho intramolecular Hbond substituents is 2. The monoisotopic (exact) mass is 392 g/mol. The molecule has 0 saturated heterocycles. The zero-order valence-corrected chi connectivity index (χ0v) is 14.6. The van der Waals surface area contributed by atoms with Crippen LogP contribution in [0.15, 0.2) is 54.6 Å². The zero-order chi connectivity index (χ0) is 20.3. The van der Waals surface area contributed by atoms with E-state index in [2.05, 4.69) is 0 Å². The van der Waals surface area contributed by atoms with Gasteiger partial charge >= 0.3 is 12.1 Å². The number of carboxylic acid groups (broad SMARTS) is 1. The Morgan fingerprint density at radius 2 is 1.48 bits per heavy atom. The summed E-state index contributed by atoms with van der Waals surface area (Å²) in [6, 6.07) is 12.9. The van der Waals surface area contributed by atoms with Crippen molar-refractivity contribution in [1.29, 1.82) is 0 Å². The SMILES string of the molecule is O=C(O)Oc1ccc2c(c1)C1(OC2=O)c2ccc(O)cc2Oc2cc(O)ccc21. The molecule has 0 fully saturated rings. The number of ether oxygens (including phenoxy) is 3. The first kappa shape index (κ1) is 16.9. The molecule has 0 aromatic heterocycles. The number of rotatable bonds is 1. The predicted molar refractivity (Wildman–Crippen MR) is 96.7 cm³/mol. The average molecular weight is 392 g/mol. The molecule has 1 spiro atoms. The van der Waals surface area contributed by atoms with Crippen LogP contribution in [0.5, 0.6) is 28.7 Å². The van der Waals surface area contributed by atoms with E-state index < -0.39 is 17.7 Å². The van der Waals surface area contributed by atoms with Crippen molar-refractivity contribution >= 4 is 12.1 Å². The molecular formula is C21H12O8. The minimum absolute atomic E-state index is 0.0149. The van der Waals surface area contributed by atoms with Gasteiger partial charge in [-0.25, -0.2) is 9.59 Å². The van der Waals surface area contributed by atoms with Crippen LogP contribution in [0.2, 0.25) is 0 Å². The maximum atomic E-state index is 12.7. The van der Waals surface area contributed by atoms with Gasteiger partial charge in [0, 0.05) is 28.8 Å². The minimum Gasteiger partial charge on any atom is -0.508 e. The molecule has 0 aliphatic carbocycles. The number of phenols is 2. The molecule has 0 radical (unpaired) electrons. The zero-order valence-electron chi connectivity index (χ0n) is 14.6. The molecule has 3 aromatic rings. The lowest BCUT2D eigenvalue weighted by molar-refractivity contribution is 0.0223. The van der Waals surface area contributed by atoms with Gasteiger partial charge in [0.25, 0.3) is 0 Å². The molecule has 29 heavy (non-hydrogen) atoms. The first-order chi connectivity index (χ1) is 13.9. The summed E-state index contributed by atoms with van der Waals surface area (Å²) in [7, 11) is 0. The Labute approximate surface area is 163 Å². The highest BCUT2D eigenvalue weighted by atomic mass is 16.7. The number of carbonyl (C=O) groups is 2. The molecule has 0 bridgehead atoms. The third kappa shape index (κ3) is 2.32. The highest BCUT2D eigenvalue weighted by Gasteiger charge is 2.53. The van der Waals surface area contributed by atoms with Crippen LogP contribution in [0, 0.1) is 0 Å². The van der Waals surface area contributed by atoms with Crippen LogP contribution in [0.4, 0.5) is 4.79 Å². The number of esters is 1. The van der Waals surface area contributed by atoms with E-state index in [-0.39, 0.29) is 34.3 Å². The average Bonchev–Trinajstić information content (AvgIpc) is 2.93. The maximum Gasteiger partial charge on any atom is 0.511 e. The highest BCUT2D eigenvalue weighted by Crippen LogP contribution is 2.57. The summed E-state index contributed by atoms with van der Waals surface area (Å²) in [5.41, 5.74) is 0.0152. The van der Waals surface area contributed by atoms with Crippen LogP contribution in [0.3, 0.4) is 0 Å². The van der Waals surface area contributed by atoms with Crippen LogP contribution in [-0.2, 0) is 10.3 Å². The van der Waals surface area contributed by atoms with Gasteiger partial charge in [0.05, 0.1) is 5.56 Å². The smallest absolute Gasteiger partial charge is 0.508 e. The molecule has 3 N–H and O–H groups in total. The molecule has 0 atom stereocenters. The van der Waals surface area contributed by atoms with E-state index in [0.29, 0.717) is 16.7 Å². The van der Waals surface area contributed by atoms with Crippen molar-refractivity contribution in [2.75, 3.05) is 0 Å². The second-order valence-electron chi connectivity index (χ2n) is 6.61. The van der Waals surface area contributed by atoms with Gasteiger partial charge in [-0.1, -0.05) is 0 Å². The van der Waals surface area contributed by atoms with Gasteiger partial charge in [0.2, 0.25) is 0 Å². The fourth-order valence-electron chi connectivity index (χ4n) is 3.84. The number of hydrogen-bond acceptors (Lipinski definition) is 7. The predicted octanol–water partition coefficient (Wildman–Crippen LogP) is 3.72. The third-order valence-electron chi connectivity index (χ3n) is 4.95. The molecular weight excluding hydrogens is 380 g/mol. The van der Waals surface area contributed by atoms with Crippen molar-refractivity contribution in [2.24, 2.45) is 0 Å². The molecule has 5 rings (SSSR count). The molecule has 2 aliphatic rings. The Balaban J connectivity index is 1.85. The minimum atomic E-state index is -1.49. The van der Waals surface area contributed by atoms with Gasteiger partial charge in [-0.05, 0) is 42.5 Å². The molecule has 8 nitrogen and oxygen atoms in total. The maximum absolute atomic E-state index is 12.7. The van der Waals surface area contributed by atoms with Crippen molar-refractivity contribution in [3.8, 4) is 28.7 Å². The summed E-state index contributed by atoms with van der Waals surface area (Å²) < 4.78 is 16.5. The van der Waals surface area contributed by atoms with Crippen LogP contribution < -0.4 is 9.47 Å². The lowest BCUT2D eigenvalue weighted by atomic mass is 9.77. The van der Waals surface area contributed by atoms with E-state index in [4.69, 9.17) is 19.3 Å². The summed E-state index contributed by atoms with van der Waals surface area (Å²) in [4.78, 5) is 23.7. The topological polar surface area (TPSA) is 123 Å². The quantitative estimate of drug-likeness (QED) is 0.423. The third-order valence-corrected chi connectivity index (χ3v) is 4.95. The lowest BCUT2D eigenvalue weighted by Gasteiger charge is -2.36. The summed E-state index contributed by atoms with van der Waals surface area (Å²) in [6.07, 6.45) is -1.49. The van der Waals surface area contributed by atoms with E-state index in [1.165, 1.54) is 42.5 Å². The second kappa shape index (κ2) is 5.65. The lowest BCUT2D eigenvalue weighted by Crippen LogP contribution is -2.33. The Morgan fingerprint density at radius 1 is 0.862 bits per heavy atom. The normalized spacial score (nSPS) is 15.0. The molecule has 8 heteroatoms. The molecule has 0 saturated carbocycles. The Bertz CT molecular complexity index is 1160. The van der Waals surface area contributed by atoms with E-state index in [0.717, 1.165) is 0 Å². The van der Waals surface area contributed by atoms with Crippen molar-refractivity contribution in [1.82, 2.24) is 0 Å². The van der Waals surface area contributed by atoms with Gasteiger partial charge in [0.15, 0.2) is 5.60 Å². The summed E-state index contributed by atoms with van der Waals surface area (Å²) in [5, 5.41) is 28.7. The van der Waals surface area contributed by atoms with Crippen LogP contribution in [0.25, 0.3) is 0 Å². The Hall–Kier alpha value is -4.20. The van der Waals surface area contributed by atoms with Crippen LogP contribution in [0.1, 0.15) is 27.0 Å². The Morgan fingerprint density at radius 3 is 2.07 bits per heavy atom. The second-order valence-corrected chi connectivity index (χ2v) is 6.61. The van der Waals surface area contributed by atoms with Gasteiger partial charge in [0.1, 0.15) is 28.7 Å². The van der Waals surface area contributed by atoms with Gasteiger partial charge < -0.3 is 29.5 Å². The number of fused-ring (bicyclic) bond motifs is 6. The van der Waals surface area contributed by atoms with Crippen LogP contribution in [-0.4, -0.2) is 27.4 Å². The van der Waals surface area contributed by atoms with Gasteiger partial charge in [-0.3, -0.25) is 0 Å². The van der Waals surface area contributed by atoms with E-state index in [9.17, 15) is 19.8 Å². The molecule has 0 unspecified atom stereocenters. The van der Waals surface area contributed by atoms with Crippen molar-refractivity contribution in [2.45, 2.75) is 5.60 Å². The fourth-order valence-corrected chi connectivity index (χ4v) is 3.84. The standard InChI is InChI=1S/C21H12O8/c22-10-1-5-14-17(7-10)28-18-8-11(23)2-6-15(18)21(14)16-9-12(27-20(25)26)3-4-13(16)19(24)29-21/h1-9,22-23H,(H,25,26). The largest absolute Gasteiger partial charge is 0.511 e. The van der Waals surface area contributed by atoms with E-state index >= 15 is 0 Å². The van der Waals surface area contributed by atoms with Crippen molar-refractivity contribution in [3.05, 3.63) is 76.9 Å². The fraction of sp³-hybridized carbons (Fsp3) is 0.0476. The molecule has 144 valence electrons. The van der Waals surface area contributed by atoms with Crippen molar-refractivity contribution < 1.29 is 39.1 Å². The van der Waals surface area contributed by atoms with Gasteiger partial charge in [-0.2, -0.15) is 0 Å². The summed E-state index contributed by atoms with van der Waals surface area (Å²) >= 11 is 0. The summed E-state index contributed by atoms with van der Waals surface area (Å²) in [6.45, 7) is 0. The number of carbonyl (C=O) groups excluding carboxylic acids is 1. The molecule has 3 aromatic carbocycles.